The third-order valence-corrected chi connectivity index (χ3v) is 5.20. The highest BCUT2D eigenvalue weighted by Gasteiger charge is 2.25. The summed E-state index contributed by atoms with van der Waals surface area (Å²) in [4.78, 5) is 0. The van der Waals surface area contributed by atoms with Gasteiger partial charge in [0.1, 0.15) is 0 Å². The van der Waals surface area contributed by atoms with Crippen LogP contribution < -0.4 is 4.72 Å². The molecule has 1 aliphatic rings. The lowest BCUT2D eigenvalue weighted by Gasteiger charge is -2.27. The van der Waals surface area contributed by atoms with Crippen molar-refractivity contribution in [3.63, 3.8) is 0 Å². The number of sulfonamides is 1. The summed E-state index contributed by atoms with van der Waals surface area (Å²) in [5.41, 5.74) is 2.47. The van der Waals surface area contributed by atoms with Gasteiger partial charge in [0.25, 0.3) is 0 Å². The van der Waals surface area contributed by atoms with Crippen LogP contribution in [-0.4, -0.2) is 14.2 Å². The first kappa shape index (κ1) is 15.5. The molecule has 112 valence electrons. The minimum Gasteiger partial charge on any atom is -0.212 e. The summed E-state index contributed by atoms with van der Waals surface area (Å²) < 4.78 is 27.4. The molecule has 1 unspecified atom stereocenters. The standard InChI is InChI=1S/C16H25NO2S/c1-16(2,3)11-12-20(18,19)17-15-10-6-8-13-7-4-5-9-14(13)15/h4-5,7,9,15,17H,6,8,10-12H2,1-3H3. The third-order valence-electron chi connectivity index (χ3n) is 3.81. The van der Waals surface area contributed by atoms with Gasteiger partial charge in [0.2, 0.25) is 10.0 Å². The van der Waals surface area contributed by atoms with Crippen LogP contribution in [0.1, 0.15) is 57.2 Å². The maximum absolute atomic E-state index is 12.2. The van der Waals surface area contributed by atoms with E-state index in [1.165, 1.54) is 5.56 Å². The van der Waals surface area contributed by atoms with E-state index in [1.807, 2.05) is 18.2 Å². The summed E-state index contributed by atoms with van der Waals surface area (Å²) >= 11 is 0. The molecule has 1 N–H and O–H groups in total. The van der Waals surface area contributed by atoms with Gasteiger partial charge in [0, 0.05) is 6.04 Å². The molecular weight excluding hydrogens is 270 g/mol. The van der Waals surface area contributed by atoms with E-state index in [2.05, 4.69) is 31.6 Å². The van der Waals surface area contributed by atoms with Gasteiger partial charge in [0.05, 0.1) is 5.75 Å². The maximum Gasteiger partial charge on any atom is 0.212 e. The summed E-state index contributed by atoms with van der Waals surface area (Å²) in [5, 5.41) is 0. The second-order valence-electron chi connectivity index (χ2n) is 6.89. The molecule has 1 aromatic rings. The van der Waals surface area contributed by atoms with E-state index in [4.69, 9.17) is 0 Å². The van der Waals surface area contributed by atoms with Gasteiger partial charge in [-0.05, 0) is 42.2 Å². The van der Waals surface area contributed by atoms with Crippen molar-refractivity contribution >= 4 is 10.0 Å². The number of benzene rings is 1. The van der Waals surface area contributed by atoms with Crippen LogP contribution in [0.4, 0.5) is 0 Å². The fourth-order valence-electron chi connectivity index (χ4n) is 2.59. The number of nitrogens with one attached hydrogen (secondary N) is 1. The van der Waals surface area contributed by atoms with Crippen molar-refractivity contribution in [1.82, 2.24) is 4.72 Å². The van der Waals surface area contributed by atoms with Crippen LogP contribution in [0, 0.1) is 5.41 Å². The van der Waals surface area contributed by atoms with E-state index in [0.717, 1.165) is 24.8 Å². The Morgan fingerprint density at radius 2 is 1.95 bits per heavy atom. The molecule has 0 fully saturated rings. The SMILES string of the molecule is CC(C)(C)CCS(=O)(=O)NC1CCCc2ccccc21. The van der Waals surface area contributed by atoms with Crippen LogP contribution in [0.2, 0.25) is 0 Å². The van der Waals surface area contributed by atoms with E-state index < -0.39 is 10.0 Å². The molecule has 0 aromatic heterocycles. The minimum absolute atomic E-state index is 0.0409. The van der Waals surface area contributed by atoms with Crippen molar-refractivity contribution in [3.8, 4) is 0 Å². The fraction of sp³-hybridized carbons (Fsp3) is 0.625. The summed E-state index contributed by atoms with van der Waals surface area (Å²) in [5.74, 6) is 0.204. The number of hydrogen-bond donors (Lipinski definition) is 1. The highest BCUT2D eigenvalue weighted by Crippen LogP contribution is 2.30. The molecule has 0 amide bonds. The first-order valence-corrected chi connectivity index (χ1v) is 9.00. The van der Waals surface area contributed by atoms with Gasteiger partial charge in [-0.15, -0.1) is 0 Å². The average Bonchev–Trinajstić information content (AvgIpc) is 2.36. The average molecular weight is 295 g/mol. The van der Waals surface area contributed by atoms with Crippen LogP contribution in [0.15, 0.2) is 24.3 Å². The highest BCUT2D eigenvalue weighted by atomic mass is 32.2. The van der Waals surface area contributed by atoms with Crippen molar-refractivity contribution in [2.45, 2.75) is 52.5 Å². The van der Waals surface area contributed by atoms with Gasteiger partial charge < -0.3 is 0 Å². The Labute approximate surface area is 122 Å². The Hall–Kier alpha value is -0.870. The molecule has 20 heavy (non-hydrogen) atoms. The summed E-state index contributed by atoms with van der Waals surface area (Å²) in [6.45, 7) is 6.20. The Morgan fingerprint density at radius 3 is 2.65 bits per heavy atom. The lowest BCUT2D eigenvalue weighted by Crippen LogP contribution is -2.33. The van der Waals surface area contributed by atoms with Crippen molar-refractivity contribution in [2.24, 2.45) is 5.41 Å². The number of hydrogen-bond acceptors (Lipinski definition) is 2. The van der Waals surface area contributed by atoms with Crippen molar-refractivity contribution in [1.29, 1.82) is 0 Å². The number of fused-ring (bicyclic) bond motifs is 1. The van der Waals surface area contributed by atoms with Gasteiger partial charge in [-0.3, -0.25) is 0 Å². The van der Waals surface area contributed by atoms with Gasteiger partial charge in [-0.25, -0.2) is 13.1 Å². The molecule has 1 atom stereocenters. The zero-order valence-electron chi connectivity index (χ0n) is 12.6. The molecule has 0 spiro atoms. The predicted octanol–water partition coefficient (Wildman–Crippen LogP) is 3.42. The van der Waals surface area contributed by atoms with Gasteiger partial charge in [-0.1, -0.05) is 45.0 Å². The zero-order chi connectivity index (χ0) is 14.8. The lowest BCUT2D eigenvalue weighted by molar-refractivity contribution is 0.395. The second-order valence-corrected chi connectivity index (χ2v) is 8.76. The number of rotatable bonds is 4. The molecule has 1 aromatic carbocycles. The van der Waals surface area contributed by atoms with Crippen LogP contribution in [0.5, 0.6) is 0 Å². The lowest BCUT2D eigenvalue weighted by atomic mass is 9.88. The Bertz CT molecular complexity index is 558. The van der Waals surface area contributed by atoms with Crippen LogP contribution in [0.3, 0.4) is 0 Å². The van der Waals surface area contributed by atoms with E-state index in [-0.39, 0.29) is 17.2 Å². The minimum atomic E-state index is -3.21. The summed E-state index contributed by atoms with van der Waals surface area (Å²) in [6.07, 6.45) is 3.67. The van der Waals surface area contributed by atoms with Crippen LogP contribution in [-0.2, 0) is 16.4 Å². The molecule has 4 heteroatoms. The van der Waals surface area contributed by atoms with Gasteiger partial charge >= 0.3 is 0 Å². The smallest absolute Gasteiger partial charge is 0.212 e. The largest absolute Gasteiger partial charge is 0.212 e. The zero-order valence-corrected chi connectivity index (χ0v) is 13.5. The Morgan fingerprint density at radius 1 is 1.25 bits per heavy atom. The molecule has 0 saturated heterocycles. The fourth-order valence-corrected chi connectivity index (χ4v) is 4.27. The molecule has 0 radical (unpaired) electrons. The van der Waals surface area contributed by atoms with E-state index in [1.54, 1.807) is 0 Å². The maximum atomic E-state index is 12.2. The molecule has 3 nitrogen and oxygen atoms in total. The Balaban J connectivity index is 2.07. The Kier molecular flexibility index (Phi) is 4.55. The van der Waals surface area contributed by atoms with Crippen LogP contribution >= 0.6 is 0 Å². The van der Waals surface area contributed by atoms with E-state index in [9.17, 15) is 8.42 Å². The molecule has 2 rings (SSSR count). The number of aryl methyl sites for hydroxylation is 1. The molecule has 1 aliphatic carbocycles. The highest BCUT2D eigenvalue weighted by molar-refractivity contribution is 7.89. The molecule has 0 bridgehead atoms. The second kappa shape index (κ2) is 5.86. The van der Waals surface area contributed by atoms with E-state index >= 15 is 0 Å². The monoisotopic (exact) mass is 295 g/mol. The molecule has 0 saturated carbocycles. The summed E-state index contributed by atoms with van der Waals surface area (Å²) in [6, 6.07) is 8.11. The van der Waals surface area contributed by atoms with Crippen molar-refractivity contribution in [2.75, 3.05) is 5.75 Å². The summed E-state index contributed by atoms with van der Waals surface area (Å²) in [7, 11) is -3.21. The predicted molar refractivity (Wildman–Crippen MR) is 83.1 cm³/mol. The van der Waals surface area contributed by atoms with Gasteiger partial charge in [-0.2, -0.15) is 0 Å². The van der Waals surface area contributed by atoms with Crippen molar-refractivity contribution < 1.29 is 8.42 Å². The first-order valence-electron chi connectivity index (χ1n) is 7.35. The normalized spacial score (nSPS) is 19.6. The van der Waals surface area contributed by atoms with E-state index in [0.29, 0.717) is 6.42 Å². The topological polar surface area (TPSA) is 46.2 Å². The van der Waals surface area contributed by atoms with Gasteiger partial charge in [0.15, 0.2) is 0 Å². The van der Waals surface area contributed by atoms with Crippen molar-refractivity contribution in [3.05, 3.63) is 35.4 Å². The molecular formula is C16H25NO2S. The first-order chi connectivity index (χ1) is 9.27. The quantitative estimate of drug-likeness (QED) is 0.925. The molecule has 0 heterocycles. The van der Waals surface area contributed by atoms with Crippen LogP contribution in [0.25, 0.3) is 0 Å². The molecule has 0 aliphatic heterocycles. The third kappa shape index (κ3) is 4.32.